The summed E-state index contributed by atoms with van der Waals surface area (Å²) < 4.78 is 39.1. The molecule has 3 nitrogen and oxygen atoms in total. The van der Waals surface area contributed by atoms with Crippen LogP contribution in [0.5, 0.6) is 0 Å². The summed E-state index contributed by atoms with van der Waals surface area (Å²) in [7, 11) is 0. The molecule has 0 spiro atoms. The summed E-state index contributed by atoms with van der Waals surface area (Å²) in [6.07, 6.45) is -5.66. The van der Waals surface area contributed by atoms with Crippen molar-refractivity contribution in [1.29, 1.82) is 0 Å². The topological polar surface area (TPSA) is 49.3 Å². The number of fused-ring (bicyclic) bond motifs is 1. The van der Waals surface area contributed by atoms with E-state index in [4.69, 9.17) is 0 Å². The summed E-state index contributed by atoms with van der Waals surface area (Å²) >= 11 is 0. The van der Waals surface area contributed by atoms with E-state index in [0.29, 0.717) is 5.56 Å². The summed E-state index contributed by atoms with van der Waals surface area (Å²) in [5, 5.41) is 14.5. The highest BCUT2D eigenvalue weighted by Gasteiger charge is 2.34. The Hall–Kier alpha value is -2.86. The van der Waals surface area contributed by atoms with Crippen LogP contribution in [0.1, 0.15) is 27.6 Å². The summed E-state index contributed by atoms with van der Waals surface area (Å²) in [5.41, 5.74) is -0.866. The minimum absolute atomic E-state index is 0.195. The smallest absolute Gasteiger partial charge is 0.387 e. The van der Waals surface area contributed by atoms with Gasteiger partial charge in [0.1, 0.15) is 0 Å². The molecule has 2 N–H and O–H groups in total. The quantitative estimate of drug-likeness (QED) is 0.729. The Kier molecular flexibility index (Phi) is 4.95. The number of nitrogens with one attached hydrogen (secondary N) is 1. The highest BCUT2D eigenvalue weighted by atomic mass is 19.4. The largest absolute Gasteiger partial charge is 0.417 e. The fourth-order valence-electron chi connectivity index (χ4n) is 2.86. The fraction of sp³-hybridized carbons (Fsp3) is 0.150. The van der Waals surface area contributed by atoms with Gasteiger partial charge in [-0.25, -0.2) is 0 Å². The Balaban J connectivity index is 1.78. The lowest BCUT2D eigenvalue weighted by Gasteiger charge is -2.16. The second-order valence-electron chi connectivity index (χ2n) is 5.84. The van der Waals surface area contributed by atoms with Crippen LogP contribution in [0.3, 0.4) is 0 Å². The van der Waals surface area contributed by atoms with E-state index in [-0.39, 0.29) is 6.54 Å². The number of benzene rings is 3. The zero-order valence-corrected chi connectivity index (χ0v) is 13.6. The molecule has 3 aromatic rings. The SMILES string of the molecule is O=C(NC[C@@H](O)c1cccc2ccccc12)c1ccccc1C(F)(F)F. The highest BCUT2D eigenvalue weighted by Crippen LogP contribution is 2.32. The van der Waals surface area contributed by atoms with Gasteiger partial charge in [0, 0.05) is 6.54 Å². The van der Waals surface area contributed by atoms with Crippen LogP contribution in [0.15, 0.2) is 66.7 Å². The molecular formula is C20H16F3NO2. The summed E-state index contributed by atoms with van der Waals surface area (Å²) in [5.74, 6) is -0.878. The van der Waals surface area contributed by atoms with Crippen molar-refractivity contribution in [3.63, 3.8) is 0 Å². The van der Waals surface area contributed by atoms with E-state index in [2.05, 4.69) is 5.32 Å². The van der Waals surface area contributed by atoms with Crippen LogP contribution in [0.25, 0.3) is 10.8 Å². The van der Waals surface area contributed by atoms with E-state index in [9.17, 15) is 23.1 Å². The van der Waals surface area contributed by atoms with E-state index >= 15 is 0 Å². The first kappa shape index (κ1) is 17.9. The summed E-state index contributed by atoms with van der Waals surface area (Å²) in [6, 6.07) is 17.4. The van der Waals surface area contributed by atoms with Crippen molar-refractivity contribution < 1.29 is 23.1 Å². The van der Waals surface area contributed by atoms with E-state index in [1.54, 1.807) is 12.1 Å². The predicted octanol–water partition coefficient (Wildman–Crippen LogP) is 4.32. The van der Waals surface area contributed by atoms with Gasteiger partial charge in [0.25, 0.3) is 5.91 Å². The van der Waals surface area contributed by atoms with Crippen LogP contribution in [-0.4, -0.2) is 17.6 Å². The number of carbonyl (C=O) groups is 1. The van der Waals surface area contributed by atoms with Gasteiger partial charge in [-0.2, -0.15) is 13.2 Å². The molecule has 3 rings (SSSR count). The number of rotatable bonds is 4. The number of amides is 1. The maximum Gasteiger partial charge on any atom is 0.417 e. The van der Waals surface area contributed by atoms with E-state index in [1.165, 1.54) is 12.1 Å². The molecule has 1 atom stereocenters. The molecule has 0 radical (unpaired) electrons. The van der Waals surface area contributed by atoms with Gasteiger partial charge in [0.05, 0.1) is 17.2 Å². The number of hydrogen-bond acceptors (Lipinski definition) is 2. The van der Waals surface area contributed by atoms with Crippen LogP contribution in [0.4, 0.5) is 13.2 Å². The Morgan fingerprint density at radius 1 is 0.962 bits per heavy atom. The maximum atomic E-state index is 13.0. The first-order valence-corrected chi connectivity index (χ1v) is 7.98. The lowest BCUT2D eigenvalue weighted by atomic mass is 10.00. The zero-order valence-electron chi connectivity index (χ0n) is 13.6. The van der Waals surface area contributed by atoms with Crippen molar-refractivity contribution in [1.82, 2.24) is 5.32 Å². The van der Waals surface area contributed by atoms with Crippen LogP contribution in [0, 0.1) is 0 Å². The maximum absolute atomic E-state index is 13.0. The number of hydrogen-bond donors (Lipinski definition) is 2. The molecule has 26 heavy (non-hydrogen) atoms. The van der Waals surface area contributed by atoms with Crippen molar-refractivity contribution in [2.45, 2.75) is 12.3 Å². The van der Waals surface area contributed by atoms with Gasteiger partial charge >= 0.3 is 6.18 Å². The first-order chi connectivity index (χ1) is 12.4. The van der Waals surface area contributed by atoms with Crippen LogP contribution >= 0.6 is 0 Å². The van der Waals surface area contributed by atoms with Gasteiger partial charge in [-0.1, -0.05) is 54.6 Å². The Bertz CT molecular complexity index is 932. The highest BCUT2D eigenvalue weighted by molar-refractivity contribution is 5.96. The van der Waals surface area contributed by atoms with Crippen LogP contribution in [0.2, 0.25) is 0 Å². The minimum Gasteiger partial charge on any atom is -0.387 e. The molecule has 0 aliphatic rings. The molecule has 0 aliphatic heterocycles. The zero-order chi connectivity index (χ0) is 18.7. The molecule has 0 saturated heterocycles. The van der Waals surface area contributed by atoms with Gasteiger partial charge in [-0.05, 0) is 28.5 Å². The Morgan fingerprint density at radius 3 is 2.38 bits per heavy atom. The number of carbonyl (C=O) groups excluding carboxylic acids is 1. The van der Waals surface area contributed by atoms with Crippen molar-refractivity contribution in [3.05, 3.63) is 83.4 Å². The molecule has 0 saturated carbocycles. The van der Waals surface area contributed by atoms with Crippen LogP contribution in [-0.2, 0) is 6.18 Å². The fourth-order valence-corrected chi connectivity index (χ4v) is 2.86. The molecule has 6 heteroatoms. The molecular weight excluding hydrogens is 343 g/mol. The lowest BCUT2D eigenvalue weighted by molar-refractivity contribution is -0.137. The third-order valence-electron chi connectivity index (χ3n) is 4.12. The average molecular weight is 359 g/mol. The molecule has 0 unspecified atom stereocenters. The van der Waals surface area contributed by atoms with Gasteiger partial charge in [-0.15, -0.1) is 0 Å². The van der Waals surface area contributed by atoms with Gasteiger partial charge in [-0.3, -0.25) is 4.79 Å². The summed E-state index contributed by atoms with van der Waals surface area (Å²) in [6.45, 7) is -0.195. The number of halogens is 3. The second-order valence-corrected chi connectivity index (χ2v) is 5.84. The molecule has 0 bridgehead atoms. The van der Waals surface area contributed by atoms with Crippen molar-refractivity contribution >= 4 is 16.7 Å². The van der Waals surface area contributed by atoms with E-state index < -0.39 is 29.3 Å². The predicted molar refractivity (Wildman–Crippen MR) is 92.7 cm³/mol. The standard InChI is InChI=1S/C20H16F3NO2/c21-20(22,23)17-11-4-3-9-16(17)19(26)24-12-18(25)15-10-5-7-13-6-1-2-8-14(13)15/h1-11,18,25H,12H2,(H,24,26)/t18-/m1/s1. The van der Waals surface area contributed by atoms with Crippen molar-refractivity contribution in [2.24, 2.45) is 0 Å². The molecule has 0 aliphatic carbocycles. The molecule has 1 amide bonds. The third kappa shape index (κ3) is 3.70. The first-order valence-electron chi connectivity index (χ1n) is 7.98. The van der Waals surface area contributed by atoms with E-state index in [1.807, 2.05) is 30.3 Å². The monoisotopic (exact) mass is 359 g/mol. The number of alkyl halides is 3. The molecule has 0 fully saturated rings. The summed E-state index contributed by atoms with van der Waals surface area (Å²) in [4.78, 5) is 12.2. The van der Waals surface area contributed by atoms with Gasteiger partial charge in [0.2, 0.25) is 0 Å². The van der Waals surface area contributed by atoms with Gasteiger partial charge in [0.15, 0.2) is 0 Å². The van der Waals surface area contributed by atoms with Crippen molar-refractivity contribution in [2.75, 3.05) is 6.54 Å². The third-order valence-corrected chi connectivity index (χ3v) is 4.12. The normalized spacial score (nSPS) is 12.8. The lowest BCUT2D eigenvalue weighted by Crippen LogP contribution is -2.30. The van der Waals surface area contributed by atoms with Gasteiger partial charge < -0.3 is 10.4 Å². The average Bonchev–Trinajstić information content (AvgIpc) is 2.64. The molecule has 0 aromatic heterocycles. The Morgan fingerprint density at radius 2 is 1.62 bits per heavy atom. The van der Waals surface area contributed by atoms with E-state index in [0.717, 1.165) is 22.9 Å². The molecule has 0 heterocycles. The van der Waals surface area contributed by atoms with Crippen molar-refractivity contribution in [3.8, 4) is 0 Å². The Labute approximate surface area is 148 Å². The number of aliphatic hydroxyl groups excluding tert-OH is 1. The number of aliphatic hydroxyl groups is 1. The second kappa shape index (κ2) is 7.17. The molecule has 3 aromatic carbocycles. The van der Waals surface area contributed by atoms with Crippen LogP contribution < -0.4 is 5.32 Å². The minimum atomic E-state index is -4.62. The molecule has 134 valence electrons.